The summed E-state index contributed by atoms with van der Waals surface area (Å²) in [5.74, 6) is -0.253. The molecule has 1 aliphatic heterocycles. The number of nitrogens with zero attached hydrogens (tertiary/aromatic N) is 1. The van der Waals surface area contributed by atoms with Gasteiger partial charge in [-0.05, 0) is 49.1 Å². The standard InChI is InChI=1S/C22H27BrN2O2/c1-5-27-20(26)17-11-24-18-7-6-14(23)8-16(18)19(17)25-13-22(4)10-15(25)9-21(2,3)12-22/h6-8,11,15H,5,9-10,12-13H2,1-4H3/p+1/t15-,22-/m1/s1. The highest BCUT2D eigenvalue weighted by molar-refractivity contribution is 9.10. The largest absolute Gasteiger partial charge is 0.462 e. The normalized spacial score (nSPS) is 26.4. The van der Waals surface area contributed by atoms with Crippen molar-refractivity contribution >= 4 is 38.5 Å². The predicted molar refractivity (Wildman–Crippen MR) is 111 cm³/mol. The number of hydrogen-bond acceptors (Lipinski definition) is 3. The molecule has 2 atom stereocenters. The van der Waals surface area contributed by atoms with Gasteiger partial charge in [-0.15, -0.1) is 0 Å². The summed E-state index contributed by atoms with van der Waals surface area (Å²) in [7, 11) is 0. The van der Waals surface area contributed by atoms with Crippen molar-refractivity contribution in [1.82, 2.24) is 0 Å². The molecule has 0 amide bonds. The molecule has 2 heterocycles. The summed E-state index contributed by atoms with van der Waals surface area (Å²) in [4.78, 5) is 18.5. The SMILES string of the molecule is CCOC(=O)c1c[nH+]c2ccc(Br)cc2c1N1C[C@]2(C)C[C@H]1CC(C)(C)C2. The Labute approximate surface area is 169 Å². The molecular weight excluding hydrogens is 404 g/mol. The van der Waals surface area contributed by atoms with Crippen LogP contribution in [0.25, 0.3) is 10.9 Å². The number of hydrogen-bond donors (Lipinski definition) is 0. The number of aromatic nitrogens is 1. The third kappa shape index (κ3) is 3.35. The molecule has 1 saturated heterocycles. The van der Waals surface area contributed by atoms with E-state index >= 15 is 0 Å². The molecule has 1 aliphatic carbocycles. The van der Waals surface area contributed by atoms with E-state index in [1.165, 1.54) is 12.8 Å². The average molecular weight is 432 g/mol. The number of halogens is 1. The number of esters is 1. The van der Waals surface area contributed by atoms with E-state index in [4.69, 9.17) is 4.74 Å². The maximum atomic E-state index is 12.8. The molecule has 2 aromatic rings. The van der Waals surface area contributed by atoms with E-state index in [0.29, 0.717) is 23.6 Å². The summed E-state index contributed by atoms with van der Waals surface area (Å²) in [5, 5.41) is 1.07. The third-order valence-corrected chi connectivity index (χ3v) is 6.55. The Bertz CT molecular complexity index is 911. The molecule has 27 heavy (non-hydrogen) atoms. The molecule has 4 rings (SSSR count). The van der Waals surface area contributed by atoms with Crippen molar-refractivity contribution in [2.24, 2.45) is 10.8 Å². The fourth-order valence-corrected chi connectivity index (χ4v) is 5.96. The van der Waals surface area contributed by atoms with E-state index in [9.17, 15) is 4.79 Å². The monoisotopic (exact) mass is 431 g/mol. The van der Waals surface area contributed by atoms with Crippen LogP contribution < -0.4 is 9.88 Å². The van der Waals surface area contributed by atoms with Crippen LogP contribution in [0.2, 0.25) is 0 Å². The summed E-state index contributed by atoms with van der Waals surface area (Å²) in [6, 6.07) is 6.65. The third-order valence-electron chi connectivity index (χ3n) is 6.06. The van der Waals surface area contributed by atoms with Crippen LogP contribution >= 0.6 is 15.9 Å². The van der Waals surface area contributed by atoms with Crippen LogP contribution in [-0.2, 0) is 4.74 Å². The van der Waals surface area contributed by atoms with Crippen LogP contribution in [0.5, 0.6) is 0 Å². The second-order valence-corrected chi connectivity index (χ2v) is 10.2. The number of rotatable bonds is 3. The average Bonchev–Trinajstić information content (AvgIpc) is 2.82. The van der Waals surface area contributed by atoms with Crippen molar-refractivity contribution < 1.29 is 14.5 Å². The number of carbonyl (C=O) groups is 1. The van der Waals surface area contributed by atoms with Crippen LogP contribution in [0.3, 0.4) is 0 Å². The van der Waals surface area contributed by atoms with Gasteiger partial charge in [-0.1, -0.05) is 36.7 Å². The van der Waals surface area contributed by atoms with Gasteiger partial charge in [-0.25, -0.2) is 9.78 Å². The molecular formula is C22H28BrN2O2+. The van der Waals surface area contributed by atoms with Crippen LogP contribution in [0.15, 0.2) is 28.9 Å². The zero-order valence-electron chi connectivity index (χ0n) is 16.6. The zero-order valence-corrected chi connectivity index (χ0v) is 18.1. The van der Waals surface area contributed by atoms with Gasteiger partial charge < -0.3 is 9.64 Å². The highest BCUT2D eigenvalue weighted by Gasteiger charge is 2.50. The number of pyridine rings is 1. The first-order valence-corrected chi connectivity index (χ1v) is 10.6. The van der Waals surface area contributed by atoms with Gasteiger partial charge >= 0.3 is 5.97 Å². The first-order chi connectivity index (χ1) is 12.7. The Hall–Kier alpha value is -1.62. The Balaban J connectivity index is 1.90. The summed E-state index contributed by atoms with van der Waals surface area (Å²) in [6.45, 7) is 10.4. The fourth-order valence-electron chi connectivity index (χ4n) is 5.60. The van der Waals surface area contributed by atoms with Crippen LogP contribution in [0, 0.1) is 10.8 Å². The first kappa shape index (κ1) is 18.7. The van der Waals surface area contributed by atoms with Gasteiger partial charge in [0, 0.05) is 23.1 Å². The lowest BCUT2D eigenvalue weighted by Crippen LogP contribution is -2.35. The molecule has 5 heteroatoms. The van der Waals surface area contributed by atoms with Crippen molar-refractivity contribution in [1.29, 1.82) is 0 Å². The molecule has 4 nitrogen and oxygen atoms in total. The summed E-state index contributed by atoms with van der Waals surface area (Å²) >= 11 is 3.60. The topological polar surface area (TPSA) is 43.7 Å². The molecule has 2 fully saturated rings. The number of anilines is 1. The van der Waals surface area contributed by atoms with Crippen molar-refractivity contribution in [2.45, 2.75) is 53.0 Å². The number of ether oxygens (including phenoxy) is 1. The molecule has 0 spiro atoms. The van der Waals surface area contributed by atoms with Gasteiger partial charge in [-0.3, -0.25) is 0 Å². The molecule has 2 aliphatic rings. The molecule has 1 aromatic heterocycles. The summed E-state index contributed by atoms with van der Waals surface area (Å²) < 4.78 is 6.40. The number of nitrogens with one attached hydrogen (secondary N) is 1. The maximum Gasteiger partial charge on any atom is 0.346 e. The van der Waals surface area contributed by atoms with Crippen LogP contribution in [0.4, 0.5) is 5.69 Å². The first-order valence-electron chi connectivity index (χ1n) is 9.79. The summed E-state index contributed by atoms with van der Waals surface area (Å²) in [6.07, 6.45) is 5.38. The minimum Gasteiger partial charge on any atom is -0.462 e. The lowest BCUT2D eigenvalue weighted by molar-refractivity contribution is -0.344. The minimum absolute atomic E-state index is 0.253. The number of benzene rings is 1. The van der Waals surface area contributed by atoms with E-state index in [1.807, 2.05) is 19.2 Å². The van der Waals surface area contributed by atoms with Crippen molar-refractivity contribution in [3.63, 3.8) is 0 Å². The highest BCUT2D eigenvalue weighted by atomic mass is 79.9. The highest BCUT2D eigenvalue weighted by Crippen LogP contribution is 2.54. The van der Waals surface area contributed by atoms with E-state index in [-0.39, 0.29) is 11.4 Å². The van der Waals surface area contributed by atoms with Crippen LogP contribution in [0.1, 0.15) is 57.3 Å². The van der Waals surface area contributed by atoms with Gasteiger partial charge in [-0.2, -0.15) is 0 Å². The smallest absolute Gasteiger partial charge is 0.346 e. The zero-order chi connectivity index (χ0) is 19.4. The molecule has 1 aromatic carbocycles. The Morgan fingerprint density at radius 3 is 2.85 bits per heavy atom. The van der Waals surface area contributed by atoms with Crippen LogP contribution in [-0.4, -0.2) is 25.2 Å². The van der Waals surface area contributed by atoms with Crippen molar-refractivity contribution in [3.05, 3.63) is 34.4 Å². The minimum atomic E-state index is -0.253. The maximum absolute atomic E-state index is 12.8. The lowest BCUT2D eigenvalue weighted by Gasteiger charge is -2.39. The van der Waals surface area contributed by atoms with E-state index < -0.39 is 0 Å². The number of fused-ring (bicyclic) bond motifs is 3. The molecule has 0 radical (unpaired) electrons. The Morgan fingerprint density at radius 2 is 2.11 bits per heavy atom. The Morgan fingerprint density at radius 1 is 1.33 bits per heavy atom. The second kappa shape index (κ2) is 6.47. The second-order valence-electron chi connectivity index (χ2n) is 9.30. The van der Waals surface area contributed by atoms with Gasteiger partial charge in [0.1, 0.15) is 5.56 Å². The van der Waals surface area contributed by atoms with Gasteiger partial charge in [0.25, 0.3) is 0 Å². The Kier molecular flexibility index (Phi) is 4.49. The fraction of sp³-hybridized carbons (Fsp3) is 0.545. The number of carbonyl (C=O) groups excluding carboxylic acids is 1. The predicted octanol–water partition coefficient (Wildman–Crippen LogP) is 5.00. The van der Waals surface area contributed by atoms with Gasteiger partial charge in [0.05, 0.1) is 17.7 Å². The lowest BCUT2D eigenvalue weighted by atomic mass is 9.65. The number of aromatic amines is 1. The summed E-state index contributed by atoms with van der Waals surface area (Å²) in [5.41, 5.74) is 3.31. The molecule has 1 saturated carbocycles. The number of H-pyrrole nitrogens is 1. The van der Waals surface area contributed by atoms with E-state index in [0.717, 1.165) is 34.0 Å². The molecule has 0 unspecified atom stereocenters. The van der Waals surface area contributed by atoms with Gasteiger partial charge in [0.15, 0.2) is 6.20 Å². The van der Waals surface area contributed by atoms with Gasteiger partial charge in [0.2, 0.25) is 5.52 Å². The van der Waals surface area contributed by atoms with Crippen molar-refractivity contribution in [2.75, 3.05) is 18.1 Å². The van der Waals surface area contributed by atoms with E-state index in [1.54, 1.807) is 0 Å². The molecule has 144 valence electrons. The molecule has 2 bridgehead atoms. The van der Waals surface area contributed by atoms with E-state index in [2.05, 4.69) is 58.7 Å². The molecule has 1 N–H and O–H groups in total. The quantitative estimate of drug-likeness (QED) is 0.642. The van der Waals surface area contributed by atoms with Crippen molar-refractivity contribution in [3.8, 4) is 0 Å².